The van der Waals surface area contributed by atoms with Gasteiger partial charge in [-0.25, -0.2) is 22.8 Å². The van der Waals surface area contributed by atoms with Gasteiger partial charge in [-0.1, -0.05) is 48.9 Å². The average molecular weight is 458 g/mol. The van der Waals surface area contributed by atoms with Gasteiger partial charge in [0.1, 0.15) is 11.6 Å². The molecule has 2 atom stereocenters. The quantitative estimate of drug-likeness (QED) is 0.474. The van der Waals surface area contributed by atoms with Crippen molar-refractivity contribution in [3.8, 4) is 5.75 Å². The zero-order chi connectivity index (χ0) is 23.3. The topological polar surface area (TPSA) is 72.4 Å². The van der Waals surface area contributed by atoms with Gasteiger partial charge < -0.3 is 4.74 Å². The zero-order valence-corrected chi connectivity index (χ0v) is 19.5. The summed E-state index contributed by atoms with van der Waals surface area (Å²) in [5.74, 6) is -0.0757. The molecule has 0 unspecified atom stereocenters. The van der Waals surface area contributed by atoms with E-state index >= 15 is 0 Å². The highest BCUT2D eigenvalue weighted by Gasteiger charge is 2.34. The molecular weight excluding hydrogens is 429 g/mol. The van der Waals surface area contributed by atoms with Gasteiger partial charge in [0.2, 0.25) is 10.0 Å². The van der Waals surface area contributed by atoms with Crippen molar-refractivity contribution in [1.29, 1.82) is 0 Å². The molecule has 1 heterocycles. The molecular formula is C24H28FN3O3S. The largest absolute Gasteiger partial charge is 0.497 e. The first-order valence-electron chi connectivity index (χ1n) is 10.4. The van der Waals surface area contributed by atoms with E-state index in [1.165, 1.54) is 4.31 Å². The number of benzene rings is 2. The standard InChI is InChI=1S/C24H28FN3O3S/c1-17-5-7-20(8-6-17)15-28(16-21-9-11-23(31-4)12-10-21)32(29,30)19(3)18(2)24-26-13-22(25)14-27-24/h5-14,18-19H,15-16H2,1-4H3/t18-,19-/m0/s1. The minimum Gasteiger partial charge on any atom is -0.497 e. The van der Waals surface area contributed by atoms with Crippen LogP contribution in [0.1, 0.15) is 42.3 Å². The fraction of sp³-hybridized carbons (Fsp3) is 0.333. The number of ether oxygens (including phenoxy) is 1. The maximum absolute atomic E-state index is 13.7. The van der Waals surface area contributed by atoms with Crippen LogP contribution >= 0.6 is 0 Å². The normalized spacial score (nSPS) is 13.7. The van der Waals surface area contributed by atoms with Crippen molar-refractivity contribution in [2.75, 3.05) is 7.11 Å². The Hall–Kier alpha value is -2.84. The van der Waals surface area contributed by atoms with E-state index in [-0.39, 0.29) is 13.1 Å². The summed E-state index contributed by atoms with van der Waals surface area (Å²) in [6.45, 7) is 5.81. The SMILES string of the molecule is COc1ccc(CN(Cc2ccc(C)cc2)S(=O)(=O)[C@@H](C)[C@H](C)c2ncc(F)cn2)cc1. The molecule has 8 heteroatoms. The predicted octanol–water partition coefficient (Wildman–Crippen LogP) is 4.46. The van der Waals surface area contributed by atoms with Crippen LogP contribution < -0.4 is 4.74 Å². The highest BCUT2D eigenvalue weighted by molar-refractivity contribution is 7.89. The monoisotopic (exact) mass is 457 g/mol. The molecule has 0 radical (unpaired) electrons. The van der Waals surface area contributed by atoms with Gasteiger partial charge in [-0.15, -0.1) is 0 Å². The number of aromatic nitrogens is 2. The third-order valence-corrected chi connectivity index (χ3v) is 7.90. The Morgan fingerprint density at radius 1 is 0.938 bits per heavy atom. The van der Waals surface area contributed by atoms with Crippen LogP contribution in [0.2, 0.25) is 0 Å². The lowest BCUT2D eigenvalue weighted by Gasteiger charge is -2.28. The first-order valence-corrected chi connectivity index (χ1v) is 11.9. The molecule has 1 aromatic heterocycles. The second kappa shape index (κ2) is 10.2. The van der Waals surface area contributed by atoms with E-state index in [2.05, 4.69) is 9.97 Å². The molecule has 0 fully saturated rings. The molecule has 32 heavy (non-hydrogen) atoms. The van der Waals surface area contributed by atoms with Crippen LogP contribution in [0.5, 0.6) is 5.75 Å². The van der Waals surface area contributed by atoms with Crippen molar-refractivity contribution in [2.24, 2.45) is 0 Å². The molecule has 6 nitrogen and oxygen atoms in total. The van der Waals surface area contributed by atoms with E-state index in [9.17, 15) is 12.8 Å². The molecule has 3 aromatic rings. The molecule has 0 aliphatic carbocycles. The Labute approximate surface area is 189 Å². The lowest BCUT2D eigenvalue weighted by atomic mass is 10.1. The molecule has 0 aliphatic rings. The highest BCUT2D eigenvalue weighted by atomic mass is 32.2. The second-order valence-electron chi connectivity index (χ2n) is 7.90. The molecule has 3 rings (SSSR count). The van der Waals surface area contributed by atoms with Crippen molar-refractivity contribution in [2.45, 2.75) is 45.0 Å². The number of nitrogens with zero attached hydrogens (tertiary/aromatic N) is 3. The first-order chi connectivity index (χ1) is 15.2. The molecule has 0 amide bonds. The molecule has 0 bridgehead atoms. The third kappa shape index (κ3) is 5.69. The van der Waals surface area contributed by atoms with E-state index in [4.69, 9.17) is 4.74 Å². The van der Waals surface area contributed by atoms with Gasteiger partial charge in [0.15, 0.2) is 5.82 Å². The summed E-state index contributed by atoms with van der Waals surface area (Å²) < 4.78 is 47.3. The molecule has 0 spiro atoms. The molecule has 2 aromatic carbocycles. The van der Waals surface area contributed by atoms with Gasteiger partial charge in [0, 0.05) is 19.0 Å². The Morgan fingerprint density at radius 2 is 1.44 bits per heavy atom. The second-order valence-corrected chi connectivity index (χ2v) is 10.2. The summed E-state index contributed by atoms with van der Waals surface area (Å²) >= 11 is 0. The van der Waals surface area contributed by atoms with Gasteiger partial charge in [0.25, 0.3) is 0 Å². The lowest BCUT2D eigenvalue weighted by molar-refractivity contribution is 0.388. The van der Waals surface area contributed by atoms with Crippen molar-refractivity contribution in [1.82, 2.24) is 14.3 Å². The van der Waals surface area contributed by atoms with Crippen LogP contribution in [0.4, 0.5) is 4.39 Å². The predicted molar refractivity (Wildman–Crippen MR) is 122 cm³/mol. The van der Waals surface area contributed by atoms with Crippen molar-refractivity contribution in [3.63, 3.8) is 0 Å². The maximum Gasteiger partial charge on any atom is 0.218 e. The van der Waals surface area contributed by atoms with E-state index in [1.807, 2.05) is 55.5 Å². The van der Waals surface area contributed by atoms with Gasteiger partial charge in [0.05, 0.1) is 24.8 Å². The van der Waals surface area contributed by atoms with Crippen LogP contribution in [0.3, 0.4) is 0 Å². The smallest absolute Gasteiger partial charge is 0.218 e. The van der Waals surface area contributed by atoms with Gasteiger partial charge in [-0.05, 0) is 37.1 Å². The first kappa shape index (κ1) is 23.8. The van der Waals surface area contributed by atoms with Gasteiger partial charge >= 0.3 is 0 Å². The third-order valence-electron chi connectivity index (χ3n) is 5.58. The summed E-state index contributed by atoms with van der Waals surface area (Å²) in [7, 11) is -2.17. The Balaban J connectivity index is 1.91. The number of aryl methyl sites for hydroxylation is 1. The van der Waals surface area contributed by atoms with Crippen molar-refractivity contribution >= 4 is 10.0 Å². The number of methoxy groups -OCH3 is 1. The number of sulfonamides is 1. The van der Waals surface area contributed by atoms with E-state index in [0.29, 0.717) is 11.6 Å². The summed E-state index contributed by atoms with van der Waals surface area (Å²) in [4.78, 5) is 7.97. The number of hydrogen-bond acceptors (Lipinski definition) is 5. The van der Waals surface area contributed by atoms with Crippen LogP contribution in [0.25, 0.3) is 0 Å². The Morgan fingerprint density at radius 3 is 1.94 bits per heavy atom. The molecule has 0 saturated carbocycles. The van der Waals surface area contributed by atoms with Crippen LogP contribution in [-0.4, -0.2) is 35.1 Å². The average Bonchev–Trinajstić information content (AvgIpc) is 2.80. The van der Waals surface area contributed by atoms with Gasteiger partial charge in [-0.2, -0.15) is 4.31 Å². The highest BCUT2D eigenvalue weighted by Crippen LogP contribution is 2.27. The number of hydrogen-bond donors (Lipinski definition) is 0. The molecule has 0 saturated heterocycles. The number of rotatable bonds is 9. The molecule has 170 valence electrons. The van der Waals surface area contributed by atoms with E-state index in [1.54, 1.807) is 21.0 Å². The minimum absolute atomic E-state index is 0.210. The van der Waals surface area contributed by atoms with Crippen LogP contribution in [0.15, 0.2) is 60.9 Å². The summed E-state index contributed by atoms with van der Waals surface area (Å²) in [5, 5.41) is -0.809. The maximum atomic E-state index is 13.7. The fourth-order valence-corrected chi connectivity index (χ4v) is 5.09. The van der Waals surface area contributed by atoms with Gasteiger partial charge in [-0.3, -0.25) is 0 Å². The fourth-order valence-electron chi connectivity index (χ4n) is 3.33. The Kier molecular flexibility index (Phi) is 7.58. The van der Waals surface area contributed by atoms with Crippen molar-refractivity contribution in [3.05, 3.63) is 89.3 Å². The molecule has 0 N–H and O–H groups in total. The Bertz CT molecular complexity index is 1120. The minimum atomic E-state index is -3.75. The summed E-state index contributed by atoms with van der Waals surface area (Å²) in [6, 6.07) is 15.1. The lowest BCUT2D eigenvalue weighted by Crippen LogP contribution is -2.39. The zero-order valence-electron chi connectivity index (χ0n) is 18.7. The van der Waals surface area contributed by atoms with Crippen molar-refractivity contribution < 1.29 is 17.5 Å². The van der Waals surface area contributed by atoms with Crippen LogP contribution in [0, 0.1) is 12.7 Å². The van der Waals surface area contributed by atoms with Crippen LogP contribution in [-0.2, 0) is 23.1 Å². The number of halogens is 1. The summed E-state index contributed by atoms with van der Waals surface area (Å²) in [5.41, 5.74) is 2.85. The van der Waals surface area contributed by atoms with E-state index in [0.717, 1.165) is 29.1 Å². The van der Waals surface area contributed by atoms with E-state index < -0.39 is 27.0 Å². The summed E-state index contributed by atoms with van der Waals surface area (Å²) in [6.07, 6.45) is 2.11. The molecule has 0 aliphatic heterocycles.